The first kappa shape index (κ1) is 14.9. The van der Waals surface area contributed by atoms with Crippen LogP contribution in [0.1, 0.15) is 52.9 Å². The summed E-state index contributed by atoms with van der Waals surface area (Å²) in [6, 6.07) is 0.999. The molecule has 3 unspecified atom stereocenters. The van der Waals surface area contributed by atoms with Crippen LogP contribution in [0.15, 0.2) is 0 Å². The molecule has 1 aliphatic carbocycles. The molecule has 3 atom stereocenters. The number of hydrogen-bond acceptors (Lipinski definition) is 3. The first-order valence-electron chi connectivity index (χ1n) is 7.08. The van der Waals surface area contributed by atoms with Crippen LogP contribution in [0.2, 0.25) is 0 Å². The molecule has 102 valence electrons. The Morgan fingerprint density at radius 1 is 1.35 bits per heavy atom. The highest BCUT2D eigenvalue weighted by atomic mass is 16.5. The van der Waals surface area contributed by atoms with Gasteiger partial charge in [-0.3, -0.25) is 0 Å². The third-order valence-electron chi connectivity index (χ3n) is 4.79. The molecule has 0 bridgehead atoms. The molecule has 3 nitrogen and oxygen atoms in total. The van der Waals surface area contributed by atoms with E-state index in [1.807, 2.05) is 7.11 Å². The molecule has 0 saturated heterocycles. The van der Waals surface area contributed by atoms with E-state index < -0.39 is 0 Å². The second-order valence-corrected chi connectivity index (χ2v) is 5.24. The van der Waals surface area contributed by atoms with Gasteiger partial charge in [0.05, 0.1) is 6.10 Å². The quantitative estimate of drug-likeness (QED) is 0.687. The lowest BCUT2D eigenvalue weighted by Gasteiger charge is -2.56. The zero-order chi connectivity index (χ0) is 12.9. The predicted molar refractivity (Wildman–Crippen MR) is 71.1 cm³/mol. The van der Waals surface area contributed by atoms with E-state index in [2.05, 4.69) is 26.1 Å². The highest BCUT2D eigenvalue weighted by Gasteiger charge is 2.53. The van der Waals surface area contributed by atoms with Crippen molar-refractivity contribution in [2.75, 3.05) is 13.7 Å². The third kappa shape index (κ3) is 2.83. The van der Waals surface area contributed by atoms with E-state index in [0.29, 0.717) is 23.6 Å². The minimum Gasteiger partial charge on any atom is -0.396 e. The largest absolute Gasteiger partial charge is 0.396 e. The maximum Gasteiger partial charge on any atom is 0.0657 e. The van der Waals surface area contributed by atoms with Gasteiger partial charge in [-0.15, -0.1) is 0 Å². The summed E-state index contributed by atoms with van der Waals surface area (Å²) in [5.74, 6) is 0. The molecule has 0 aromatic rings. The fraction of sp³-hybridized carbons (Fsp3) is 1.00. The molecule has 1 fully saturated rings. The Hall–Kier alpha value is -0.120. The third-order valence-corrected chi connectivity index (χ3v) is 4.79. The number of aliphatic hydroxyl groups excluding tert-OH is 1. The van der Waals surface area contributed by atoms with Gasteiger partial charge in [0, 0.05) is 31.2 Å². The van der Waals surface area contributed by atoms with E-state index in [-0.39, 0.29) is 6.61 Å². The lowest BCUT2D eigenvalue weighted by molar-refractivity contribution is -0.126. The Labute approximate surface area is 106 Å². The molecule has 1 rings (SSSR count). The standard InChI is InChI=1S/C14H29NO2/c1-5-11(8-9-16)15-12-10-13(17-4)14(12,6-2)7-3/h11-13,15-16H,5-10H2,1-4H3. The van der Waals surface area contributed by atoms with Crippen LogP contribution in [-0.2, 0) is 4.74 Å². The van der Waals surface area contributed by atoms with Crippen LogP contribution in [-0.4, -0.2) is 37.0 Å². The van der Waals surface area contributed by atoms with Gasteiger partial charge in [-0.1, -0.05) is 20.8 Å². The molecule has 0 aromatic carbocycles. The van der Waals surface area contributed by atoms with E-state index in [1.54, 1.807) is 0 Å². The highest BCUT2D eigenvalue weighted by molar-refractivity contribution is 5.07. The molecule has 0 aliphatic heterocycles. The van der Waals surface area contributed by atoms with Crippen molar-refractivity contribution in [2.24, 2.45) is 5.41 Å². The second kappa shape index (κ2) is 6.72. The summed E-state index contributed by atoms with van der Waals surface area (Å²) in [5, 5.41) is 12.8. The van der Waals surface area contributed by atoms with Crippen LogP contribution in [0, 0.1) is 5.41 Å². The van der Waals surface area contributed by atoms with E-state index in [1.165, 1.54) is 0 Å². The number of aliphatic hydroxyl groups is 1. The fourth-order valence-electron chi connectivity index (χ4n) is 3.36. The zero-order valence-electron chi connectivity index (χ0n) is 11.8. The first-order chi connectivity index (χ1) is 8.18. The van der Waals surface area contributed by atoms with Crippen molar-refractivity contribution in [3.63, 3.8) is 0 Å². The van der Waals surface area contributed by atoms with Crippen LogP contribution in [0.4, 0.5) is 0 Å². The normalized spacial score (nSPS) is 28.8. The van der Waals surface area contributed by atoms with Crippen LogP contribution in [0.5, 0.6) is 0 Å². The molecule has 0 radical (unpaired) electrons. The minimum absolute atomic E-state index is 0.275. The molecule has 2 N–H and O–H groups in total. The maximum absolute atomic E-state index is 9.05. The van der Waals surface area contributed by atoms with E-state index in [9.17, 15) is 0 Å². The summed E-state index contributed by atoms with van der Waals surface area (Å²) >= 11 is 0. The molecular weight excluding hydrogens is 214 g/mol. The van der Waals surface area contributed by atoms with Gasteiger partial charge in [-0.25, -0.2) is 0 Å². The monoisotopic (exact) mass is 243 g/mol. The van der Waals surface area contributed by atoms with Crippen molar-refractivity contribution in [1.82, 2.24) is 5.32 Å². The molecule has 17 heavy (non-hydrogen) atoms. The molecule has 1 aliphatic rings. The topological polar surface area (TPSA) is 41.5 Å². The lowest BCUT2D eigenvalue weighted by Crippen LogP contribution is -2.64. The van der Waals surface area contributed by atoms with Crippen molar-refractivity contribution in [3.8, 4) is 0 Å². The second-order valence-electron chi connectivity index (χ2n) is 5.24. The summed E-state index contributed by atoms with van der Waals surface area (Å²) in [4.78, 5) is 0. The SMILES string of the molecule is CCC(CCO)NC1CC(OC)C1(CC)CC. The van der Waals surface area contributed by atoms with Gasteiger partial charge in [0.25, 0.3) is 0 Å². The number of ether oxygens (including phenoxy) is 1. The predicted octanol–water partition coefficient (Wildman–Crippen LogP) is 2.33. The smallest absolute Gasteiger partial charge is 0.0657 e. The number of nitrogens with one attached hydrogen (secondary N) is 1. The Balaban J connectivity index is 2.59. The fourth-order valence-corrected chi connectivity index (χ4v) is 3.36. The van der Waals surface area contributed by atoms with Crippen LogP contribution in [0.25, 0.3) is 0 Å². The lowest BCUT2D eigenvalue weighted by atomic mass is 9.58. The van der Waals surface area contributed by atoms with Crippen molar-refractivity contribution in [2.45, 2.75) is 71.1 Å². The molecule has 0 spiro atoms. The molecular formula is C14H29NO2. The van der Waals surface area contributed by atoms with E-state index in [0.717, 1.165) is 32.1 Å². The molecule has 0 aromatic heterocycles. The molecule has 1 saturated carbocycles. The Morgan fingerprint density at radius 3 is 2.41 bits per heavy atom. The zero-order valence-corrected chi connectivity index (χ0v) is 11.8. The summed E-state index contributed by atoms with van der Waals surface area (Å²) in [7, 11) is 1.83. The van der Waals surface area contributed by atoms with Crippen molar-refractivity contribution < 1.29 is 9.84 Å². The van der Waals surface area contributed by atoms with Gasteiger partial charge < -0.3 is 15.2 Å². The average Bonchev–Trinajstić information content (AvgIpc) is 2.34. The number of hydrogen-bond donors (Lipinski definition) is 2. The van der Waals surface area contributed by atoms with Gasteiger partial charge in [-0.05, 0) is 32.1 Å². The molecule has 0 heterocycles. The van der Waals surface area contributed by atoms with Crippen LogP contribution < -0.4 is 5.32 Å². The Kier molecular flexibility index (Phi) is 5.90. The van der Waals surface area contributed by atoms with Gasteiger partial charge in [0.1, 0.15) is 0 Å². The maximum atomic E-state index is 9.05. The summed E-state index contributed by atoms with van der Waals surface area (Å²) in [5.41, 5.74) is 0.303. The summed E-state index contributed by atoms with van der Waals surface area (Å²) in [6.07, 6.45) is 5.78. The van der Waals surface area contributed by atoms with Gasteiger partial charge in [0.15, 0.2) is 0 Å². The summed E-state index contributed by atoms with van der Waals surface area (Å²) < 4.78 is 5.60. The van der Waals surface area contributed by atoms with Crippen LogP contribution >= 0.6 is 0 Å². The number of methoxy groups -OCH3 is 1. The van der Waals surface area contributed by atoms with E-state index in [4.69, 9.17) is 9.84 Å². The Morgan fingerprint density at radius 2 is 2.00 bits per heavy atom. The van der Waals surface area contributed by atoms with Crippen molar-refractivity contribution in [1.29, 1.82) is 0 Å². The first-order valence-corrected chi connectivity index (χ1v) is 7.08. The van der Waals surface area contributed by atoms with Crippen molar-refractivity contribution >= 4 is 0 Å². The average molecular weight is 243 g/mol. The molecule has 3 heteroatoms. The summed E-state index contributed by atoms with van der Waals surface area (Å²) in [6.45, 7) is 6.98. The highest BCUT2D eigenvalue weighted by Crippen LogP contribution is 2.48. The minimum atomic E-state index is 0.275. The van der Waals surface area contributed by atoms with Gasteiger partial charge >= 0.3 is 0 Å². The van der Waals surface area contributed by atoms with Gasteiger partial charge in [-0.2, -0.15) is 0 Å². The van der Waals surface area contributed by atoms with Crippen LogP contribution in [0.3, 0.4) is 0 Å². The van der Waals surface area contributed by atoms with Crippen molar-refractivity contribution in [3.05, 3.63) is 0 Å². The van der Waals surface area contributed by atoms with Gasteiger partial charge in [0.2, 0.25) is 0 Å². The Bertz CT molecular complexity index is 216. The number of rotatable bonds is 8. The molecule has 0 amide bonds. The van der Waals surface area contributed by atoms with E-state index >= 15 is 0 Å².